The van der Waals surface area contributed by atoms with Crippen molar-refractivity contribution in [2.45, 2.75) is 0 Å². The normalized spacial score (nSPS) is 14.3. The van der Waals surface area contributed by atoms with Crippen molar-refractivity contribution in [1.82, 2.24) is 4.90 Å². The van der Waals surface area contributed by atoms with Crippen molar-refractivity contribution < 1.29 is 18.7 Å². The van der Waals surface area contributed by atoms with E-state index >= 15 is 0 Å². The number of amides is 1. The minimum absolute atomic E-state index is 0.0231. The third kappa shape index (κ3) is 4.09. The lowest BCUT2D eigenvalue weighted by molar-refractivity contribution is -0.137. The minimum Gasteiger partial charge on any atom is -0.484 e. The number of nitrogens with zero attached hydrogens (tertiary/aromatic N) is 1. The van der Waals surface area contributed by atoms with Crippen molar-refractivity contribution in [3.63, 3.8) is 0 Å². The summed E-state index contributed by atoms with van der Waals surface area (Å²) >= 11 is 0. The second-order valence-corrected chi connectivity index (χ2v) is 6.51. The minimum atomic E-state index is -0.243. The first-order valence-electron chi connectivity index (χ1n) is 8.97. The molecule has 0 radical (unpaired) electrons. The highest BCUT2D eigenvalue weighted by atomic mass is 19.1. The van der Waals surface area contributed by atoms with Crippen molar-refractivity contribution in [1.29, 1.82) is 0 Å². The van der Waals surface area contributed by atoms with Gasteiger partial charge in [-0.05, 0) is 52.2 Å². The zero-order valence-electron chi connectivity index (χ0n) is 14.9. The van der Waals surface area contributed by atoms with Crippen molar-refractivity contribution >= 4 is 16.7 Å². The number of fused-ring (bicyclic) bond motifs is 1. The van der Waals surface area contributed by atoms with Crippen molar-refractivity contribution in [2.75, 3.05) is 32.9 Å². The van der Waals surface area contributed by atoms with Gasteiger partial charge in [0.05, 0.1) is 13.2 Å². The molecule has 1 amide bonds. The summed E-state index contributed by atoms with van der Waals surface area (Å²) < 4.78 is 24.0. The summed E-state index contributed by atoms with van der Waals surface area (Å²) in [4.78, 5) is 13.9. The quantitative estimate of drug-likeness (QED) is 0.704. The molecule has 0 bridgehead atoms. The molecule has 1 fully saturated rings. The van der Waals surface area contributed by atoms with E-state index in [4.69, 9.17) is 9.47 Å². The van der Waals surface area contributed by atoms with Crippen LogP contribution in [-0.2, 0) is 9.53 Å². The van der Waals surface area contributed by atoms with Gasteiger partial charge in [0.25, 0.3) is 5.91 Å². The predicted octanol–water partition coefficient (Wildman–Crippen LogP) is 3.88. The van der Waals surface area contributed by atoms with Crippen LogP contribution in [0.5, 0.6) is 5.75 Å². The van der Waals surface area contributed by atoms with Crippen molar-refractivity contribution in [2.24, 2.45) is 0 Å². The third-order valence-corrected chi connectivity index (χ3v) is 4.72. The van der Waals surface area contributed by atoms with Gasteiger partial charge in [-0.15, -0.1) is 0 Å². The molecule has 0 saturated carbocycles. The van der Waals surface area contributed by atoms with Crippen molar-refractivity contribution in [3.05, 3.63) is 66.5 Å². The summed E-state index contributed by atoms with van der Waals surface area (Å²) in [5, 5.41) is 2.08. The average Bonchev–Trinajstić information content (AvgIpc) is 2.72. The highest BCUT2D eigenvalue weighted by Gasteiger charge is 2.17. The lowest BCUT2D eigenvalue weighted by Gasteiger charge is -2.26. The Bertz CT molecular complexity index is 949. The maximum atomic E-state index is 13.1. The maximum absolute atomic E-state index is 13.1. The molecule has 0 atom stereocenters. The van der Waals surface area contributed by atoms with Gasteiger partial charge in [0.2, 0.25) is 0 Å². The van der Waals surface area contributed by atoms with Crippen LogP contribution < -0.4 is 4.74 Å². The summed E-state index contributed by atoms with van der Waals surface area (Å²) in [6, 6.07) is 18.3. The zero-order valence-corrected chi connectivity index (χ0v) is 14.9. The molecule has 1 aliphatic heterocycles. The van der Waals surface area contributed by atoms with Gasteiger partial charge in [0.1, 0.15) is 11.6 Å². The maximum Gasteiger partial charge on any atom is 0.260 e. The van der Waals surface area contributed by atoms with Gasteiger partial charge in [-0.1, -0.05) is 30.3 Å². The number of carbonyl (C=O) groups is 1. The summed E-state index contributed by atoms with van der Waals surface area (Å²) in [5.74, 6) is 0.400. The second kappa shape index (κ2) is 7.76. The Labute approximate surface area is 157 Å². The summed E-state index contributed by atoms with van der Waals surface area (Å²) in [5.41, 5.74) is 1.99. The molecule has 1 saturated heterocycles. The van der Waals surface area contributed by atoms with E-state index in [0.29, 0.717) is 32.1 Å². The van der Waals surface area contributed by atoms with Gasteiger partial charge in [-0.25, -0.2) is 4.39 Å². The molecule has 0 N–H and O–H groups in total. The van der Waals surface area contributed by atoms with E-state index in [1.165, 1.54) is 12.1 Å². The molecule has 0 aromatic heterocycles. The van der Waals surface area contributed by atoms with E-state index in [1.54, 1.807) is 17.0 Å². The standard InChI is InChI=1S/C22H20FNO3/c23-20-6-3-16(4-7-20)17-1-2-19-14-21(8-5-18(19)13-17)27-15-22(25)24-9-11-26-12-10-24/h1-8,13-14H,9-12,15H2. The molecule has 0 unspecified atom stereocenters. The Morgan fingerprint density at radius 3 is 2.37 bits per heavy atom. The molecule has 4 rings (SSSR count). The number of halogens is 1. The molecule has 1 heterocycles. The lowest BCUT2D eigenvalue weighted by atomic mass is 10.0. The predicted molar refractivity (Wildman–Crippen MR) is 102 cm³/mol. The van der Waals surface area contributed by atoms with Crippen LogP contribution in [0, 0.1) is 5.82 Å². The summed E-state index contributed by atoms with van der Waals surface area (Å²) in [7, 11) is 0. The van der Waals surface area contributed by atoms with Crippen LogP contribution >= 0.6 is 0 Å². The molecule has 0 spiro atoms. The summed E-state index contributed by atoms with van der Waals surface area (Å²) in [6.45, 7) is 2.42. The Kier molecular flexibility index (Phi) is 5.03. The van der Waals surface area contributed by atoms with E-state index in [2.05, 4.69) is 6.07 Å². The van der Waals surface area contributed by atoms with Gasteiger partial charge in [0, 0.05) is 13.1 Å². The van der Waals surface area contributed by atoms with Crippen LogP contribution in [0.2, 0.25) is 0 Å². The Morgan fingerprint density at radius 2 is 1.59 bits per heavy atom. The van der Waals surface area contributed by atoms with Crippen LogP contribution in [0.15, 0.2) is 60.7 Å². The van der Waals surface area contributed by atoms with E-state index in [0.717, 1.165) is 21.9 Å². The van der Waals surface area contributed by atoms with Gasteiger partial charge < -0.3 is 14.4 Å². The van der Waals surface area contributed by atoms with Gasteiger partial charge in [-0.3, -0.25) is 4.79 Å². The molecule has 0 aliphatic carbocycles. The van der Waals surface area contributed by atoms with Crippen LogP contribution in [-0.4, -0.2) is 43.7 Å². The Hall–Kier alpha value is -2.92. The van der Waals surface area contributed by atoms with Crippen LogP contribution in [0.1, 0.15) is 0 Å². The Balaban J connectivity index is 1.46. The van der Waals surface area contributed by atoms with E-state index < -0.39 is 0 Å². The molecule has 3 aromatic rings. The van der Waals surface area contributed by atoms with Gasteiger partial charge in [0.15, 0.2) is 6.61 Å². The molecular formula is C22H20FNO3. The van der Waals surface area contributed by atoms with Crippen LogP contribution in [0.4, 0.5) is 4.39 Å². The number of ether oxygens (including phenoxy) is 2. The number of morpholine rings is 1. The zero-order chi connectivity index (χ0) is 18.6. The highest BCUT2D eigenvalue weighted by molar-refractivity contribution is 5.88. The Morgan fingerprint density at radius 1 is 0.926 bits per heavy atom. The molecule has 3 aromatic carbocycles. The number of hydrogen-bond donors (Lipinski definition) is 0. The van der Waals surface area contributed by atoms with Gasteiger partial charge >= 0.3 is 0 Å². The molecular weight excluding hydrogens is 345 g/mol. The first-order valence-corrected chi connectivity index (χ1v) is 8.97. The van der Waals surface area contributed by atoms with E-state index in [1.807, 2.05) is 30.3 Å². The van der Waals surface area contributed by atoms with Crippen LogP contribution in [0.3, 0.4) is 0 Å². The molecule has 5 heteroatoms. The number of hydrogen-bond acceptors (Lipinski definition) is 3. The SMILES string of the molecule is O=C(COc1ccc2cc(-c3ccc(F)cc3)ccc2c1)N1CCOCC1. The average molecular weight is 365 g/mol. The highest BCUT2D eigenvalue weighted by Crippen LogP contribution is 2.27. The first-order chi connectivity index (χ1) is 13.2. The lowest BCUT2D eigenvalue weighted by Crippen LogP contribution is -2.42. The number of rotatable bonds is 4. The molecule has 1 aliphatic rings. The summed E-state index contributed by atoms with van der Waals surface area (Å²) in [6.07, 6.45) is 0. The van der Waals surface area contributed by atoms with E-state index in [9.17, 15) is 9.18 Å². The third-order valence-electron chi connectivity index (χ3n) is 4.72. The van der Waals surface area contributed by atoms with E-state index in [-0.39, 0.29) is 18.3 Å². The molecule has 27 heavy (non-hydrogen) atoms. The van der Waals surface area contributed by atoms with Crippen molar-refractivity contribution in [3.8, 4) is 16.9 Å². The smallest absolute Gasteiger partial charge is 0.260 e. The second-order valence-electron chi connectivity index (χ2n) is 6.51. The monoisotopic (exact) mass is 365 g/mol. The fourth-order valence-electron chi connectivity index (χ4n) is 3.18. The largest absolute Gasteiger partial charge is 0.484 e. The topological polar surface area (TPSA) is 38.8 Å². The first kappa shape index (κ1) is 17.5. The van der Waals surface area contributed by atoms with Crippen LogP contribution in [0.25, 0.3) is 21.9 Å². The van der Waals surface area contributed by atoms with Gasteiger partial charge in [-0.2, -0.15) is 0 Å². The fourth-order valence-corrected chi connectivity index (χ4v) is 3.18. The fraction of sp³-hybridized carbons (Fsp3) is 0.227. The molecule has 4 nitrogen and oxygen atoms in total. The molecule has 138 valence electrons. The number of carbonyl (C=O) groups excluding carboxylic acids is 1. The number of benzene rings is 3.